The summed E-state index contributed by atoms with van der Waals surface area (Å²) in [7, 11) is 2.11. The van der Waals surface area contributed by atoms with Crippen molar-refractivity contribution in [2.45, 2.75) is 13.8 Å². The van der Waals surface area contributed by atoms with E-state index in [2.05, 4.69) is 92.3 Å². The average Bonchev–Trinajstić information content (AvgIpc) is 2.48. The molecule has 0 spiro atoms. The van der Waals surface area contributed by atoms with E-state index in [9.17, 15) is 0 Å². The lowest BCUT2D eigenvalue weighted by Gasteiger charge is -2.06. The predicted octanol–water partition coefficient (Wildman–Crippen LogP) is 4.46. The van der Waals surface area contributed by atoms with E-state index in [1.807, 2.05) is 0 Å². The number of pyridine rings is 1. The molecule has 0 unspecified atom stereocenters. The third-order valence-corrected chi connectivity index (χ3v) is 3.91. The zero-order chi connectivity index (χ0) is 14.8. The van der Waals surface area contributed by atoms with Crippen molar-refractivity contribution in [2.24, 2.45) is 7.05 Å². The number of rotatable bonds is 2. The molecule has 1 heterocycles. The van der Waals surface area contributed by atoms with Gasteiger partial charge in [-0.15, -0.1) is 0 Å². The van der Waals surface area contributed by atoms with Gasteiger partial charge in [0.15, 0.2) is 6.20 Å². The predicted molar refractivity (Wildman–Crippen MR) is 88.0 cm³/mol. The van der Waals surface area contributed by atoms with Gasteiger partial charge >= 0.3 is 0 Å². The molecular formula is C20H20N+. The number of hydrogen-bond donors (Lipinski definition) is 0. The molecule has 1 aromatic heterocycles. The van der Waals surface area contributed by atoms with Gasteiger partial charge in [-0.1, -0.05) is 48.0 Å². The van der Waals surface area contributed by atoms with E-state index in [-0.39, 0.29) is 0 Å². The molecule has 104 valence electrons. The molecule has 3 aromatic rings. The van der Waals surface area contributed by atoms with E-state index in [4.69, 9.17) is 0 Å². The summed E-state index contributed by atoms with van der Waals surface area (Å²) in [6, 6.07) is 21.6. The van der Waals surface area contributed by atoms with E-state index in [0.29, 0.717) is 0 Å². The molecule has 0 N–H and O–H groups in total. The Balaban J connectivity index is 2.07. The second-order valence-corrected chi connectivity index (χ2v) is 5.60. The molecule has 0 radical (unpaired) electrons. The van der Waals surface area contributed by atoms with Crippen LogP contribution in [0.3, 0.4) is 0 Å². The molecule has 0 bridgehead atoms. The molecule has 1 nitrogen and oxygen atoms in total. The Morgan fingerprint density at radius 3 is 2.29 bits per heavy atom. The van der Waals surface area contributed by atoms with Crippen LogP contribution in [0, 0.1) is 13.8 Å². The van der Waals surface area contributed by atoms with Crippen LogP contribution in [0.5, 0.6) is 0 Å². The molecular weight excluding hydrogens is 254 g/mol. The van der Waals surface area contributed by atoms with Crippen molar-refractivity contribution in [1.29, 1.82) is 0 Å². The maximum atomic E-state index is 2.22. The van der Waals surface area contributed by atoms with Gasteiger partial charge < -0.3 is 0 Å². The lowest BCUT2D eigenvalue weighted by Crippen LogP contribution is -2.30. The van der Waals surface area contributed by atoms with Crippen molar-refractivity contribution < 1.29 is 4.57 Å². The highest BCUT2D eigenvalue weighted by molar-refractivity contribution is 5.66. The van der Waals surface area contributed by atoms with Crippen LogP contribution in [0.1, 0.15) is 11.1 Å². The molecule has 0 fully saturated rings. The lowest BCUT2D eigenvalue weighted by atomic mass is 10.0. The molecule has 0 saturated carbocycles. The van der Waals surface area contributed by atoms with Crippen LogP contribution in [-0.4, -0.2) is 0 Å². The highest BCUT2D eigenvalue weighted by atomic mass is 14.9. The summed E-state index contributed by atoms with van der Waals surface area (Å²) in [5.41, 5.74) is 7.63. The summed E-state index contributed by atoms with van der Waals surface area (Å²) < 4.78 is 2.21. The van der Waals surface area contributed by atoms with Crippen molar-refractivity contribution >= 4 is 0 Å². The van der Waals surface area contributed by atoms with Crippen LogP contribution >= 0.6 is 0 Å². The zero-order valence-corrected chi connectivity index (χ0v) is 12.8. The highest BCUT2D eigenvalue weighted by Crippen LogP contribution is 2.23. The Hall–Kier alpha value is -2.41. The first-order valence-corrected chi connectivity index (χ1v) is 7.28. The zero-order valence-electron chi connectivity index (χ0n) is 12.8. The van der Waals surface area contributed by atoms with E-state index >= 15 is 0 Å². The number of benzene rings is 2. The van der Waals surface area contributed by atoms with Gasteiger partial charge in [0.2, 0.25) is 5.69 Å². The molecule has 0 amide bonds. The minimum Gasteiger partial charge on any atom is -0.200 e. The summed E-state index contributed by atoms with van der Waals surface area (Å²) in [4.78, 5) is 0. The van der Waals surface area contributed by atoms with Crippen molar-refractivity contribution in [3.05, 3.63) is 78.0 Å². The molecule has 2 aromatic carbocycles. The van der Waals surface area contributed by atoms with Crippen molar-refractivity contribution in [3.8, 4) is 22.4 Å². The van der Waals surface area contributed by atoms with E-state index in [0.717, 1.165) is 0 Å². The molecule has 0 atom stereocenters. The number of hydrogen-bond acceptors (Lipinski definition) is 0. The van der Waals surface area contributed by atoms with Crippen LogP contribution in [0.25, 0.3) is 22.4 Å². The van der Waals surface area contributed by atoms with Gasteiger partial charge in [-0.25, -0.2) is 4.57 Å². The summed E-state index contributed by atoms with van der Waals surface area (Å²) in [5.74, 6) is 0. The molecule has 0 saturated heterocycles. The first kappa shape index (κ1) is 13.6. The Morgan fingerprint density at radius 1 is 0.762 bits per heavy atom. The molecule has 21 heavy (non-hydrogen) atoms. The van der Waals surface area contributed by atoms with Gasteiger partial charge in [-0.2, -0.15) is 0 Å². The Kier molecular flexibility index (Phi) is 3.57. The van der Waals surface area contributed by atoms with Crippen molar-refractivity contribution in [3.63, 3.8) is 0 Å². The first-order chi connectivity index (χ1) is 10.1. The van der Waals surface area contributed by atoms with Crippen LogP contribution in [-0.2, 0) is 7.05 Å². The molecule has 0 aliphatic carbocycles. The number of nitrogens with zero attached hydrogens (tertiary/aromatic N) is 1. The summed E-state index contributed by atoms with van der Waals surface area (Å²) >= 11 is 0. The fourth-order valence-electron chi connectivity index (χ4n) is 2.74. The summed E-state index contributed by atoms with van der Waals surface area (Å²) in [6.45, 7) is 4.29. The Morgan fingerprint density at radius 2 is 1.57 bits per heavy atom. The summed E-state index contributed by atoms with van der Waals surface area (Å²) in [5, 5.41) is 0. The van der Waals surface area contributed by atoms with Gasteiger partial charge in [-0.05, 0) is 37.1 Å². The van der Waals surface area contributed by atoms with Crippen LogP contribution < -0.4 is 4.57 Å². The smallest absolute Gasteiger partial charge is 0.200 e. The SMILES string of the molecule is Cc1cccc(-c2ccc(-c3ccccc3C)[n+](C)c2)c1. The Labute approximate surface area is 126 Å². The second kappa shape index (κ2) is 5.53. The van der Waals surface area contributed by atoms with Gasteiger partial charge in [0, 0.05) is 17.2 Å². The second-order valence-electron chi connectivity index (χ2n) is 5.60. The lowest BCUT2D eigenvalue weighted by molar-refractivity contribution is -0.659. The van der Waals surface area contributed by atoms with Gasteiger partial charge in [-0.3, -0.25) is 0 Å². The fraction of sp³-hybridized carbons (Fsp3) is 0.150. The van der Waals surface area contributed by atoms with E-state index < -0.39 is 0 Å². The fourth-order valence-corrected chi connectivity index (χ4v) is 2.74. The quantitative estimate of drug-likeness (QED) is 0.607. The number of aromatic nitrogens is 1. The minimum absolute atomic E-state index is 1.24. The highest BCUT2D eigenvalue weighted by Gasteiger charge is 2.13. The third kappa shape index (κ3) is 2.73. The molecule has 0 aliphatic rings. The van der Waals surface area contributed by atoms with Gasteiger partial charge in [0.05, 0.1) is 0 Å². The molecule has 0 aliphatic heterocycles. The minimum atomic E-state index is 1.24. The Bertz CT molecular complexity index is 787. The van der Waals surface area contributed by atoms with Gasteiger partial charge in [0.1, 0.15) is 7.05 Å². The van der Waals surface area contributed by atoms with Gasteiger partial charge in [0.25, 0.3) is 0 Å². The largest absolute Gasteiger partial charge is 0.212 e. The normalized spacial score (nSPS) is 10.6. The van der Waals surface area contributed by atoms with Crippen molar-refractivity contribution in [1.82, 2.24) is 0 Å². The van der Waals surface area contributed by atoms with E-state index in [1.165, 1.54) is 33.5 Å². The maximum absolute atomic E-state index is 2.22. The van der Waals surface area contributed by atoms with E-state index in [1.54, 1.807) is 0 Å². The van der Waals surface area contributed by atoms with Crippen LogP contribution in [0.4, 0.5) is 0 Å². The number of aryl methyl sites for hydroxylation is 3. The average molecular weight is 274 g/mol. The standard InChI is InChI=1S/C20H20N/c1-15-7-6-9-17(13-15)18-11-12-20(21(3)14-18)19-10-5-4-8-16(19)2/h4-14H,1-3H3/q+1. The van der Waals surface area contributed by atoms with Crippen LogP contribution in [0.2, 0.25) is 0 Å². The molecule has 3 rings (SSSR count). The monoisotopic (exact) mass is 274 g/mol. The van der Waals surface area contributed by atoms with Crippen LogP contribution in [0.15, 0.2) is 66.9 Å². The maximum Gasteiger partial charge on any atom is 0.212 e. The first-order valence-electron chi connectivity index (χ1n) is 7.28. The topological polar surface area (TPSA) is 3.88 Å². The third-order valence-electron chi connectivity index (χ3n) is 3.91. The van der Waals surface area contributed by atoms with Crippen molar-refractivity contribution in [2.75, 3.05) is 0 Å². The molecule has 1 heteroatoms. The summed E-state index contributed by atoms with van der Waals surface area (Å²) in [6.07, 6.45) is 2.20.